The summed E-state index contributed by atoms with van der Waals surface area (Å²) in [5.74, 6) is 4.74. The Labute approximate surface area is 108 Å². The van der Waals surface area contributed by atoms with Crippen molar-refractivity contribution in [2.24, 2.45) is 0 Å². The molecule has 0 N–H and O–H groups in total. The van der Waals surface area contributed by atoms with E-state index in [1.165, 1.54) is 0 Å². The van der Waals surface area contributed by atoms with Crippen LogP contribution in [0.3, 0.4) is 0 Å². The van der Waals surface area contributed by atoms with Gasteiger partial charge in [0, 0.05) is 8.80 Å². The van der Waals surface area contributed by atoms with E-state index in [9.17, 15) is 0 Å². The van der Waals surface area contributed by atoms with Crippen LogP contribution in [0.5, 0.6) is 0 Å². The molecule has 1 aromatic carbocycles. The zero-order valence-corrected chi connectivity index (χ0v) is 15.0. The minimum absolute atomic E-state index is 0.0502. The Morgan fingerprint density at radius 1 is 0.938 bits per heavy atom. The van der Waals surface area contributed by atoms with Crippen molar-refractivity contribution in [1.82, 2.24) is 0 Å². The van der Waals surface area contributed by atoms with Crippen LogP contribution < -0.4 is 4.40 Å². The maximum absolute atomic E-state index is 2.37. The predicted octanol–water partition coefficient (Wildman–Crippen LogP) is 4.19. The molecule has 16 heavy (non-hydrogen) atoms. The molecular formula is C14H26GeSi. The molecule has 0 fully saturated rings. The first kappa shape index (κ1) is 16.0. The Hall–Kier alpha value is -0.0203. The van der Waals surface area contributed by atoms with Crippen molar-refractivity contribution in [3.63, 3.8) is 0 Å². The van der Waals surface area contributed by atoms with Crippen LogP contribution in [0.2, 0.25) is 29.6 Å². The van der Waals surface area contributed by atoms with Crippen LogP contribution in [0.1, 0.15) is 20.8 Å². The van der Waals surface area contributed by atoms with Gasteiger partial charge in [0.25, 0.3) is 0 Å². The summed E-state index contributed by atoms with van der Waals surface area (Å²) in [6.45, 7) is 11.6. The van der Waals surface area contributed by atoms with Crippen LogP contribution in [-0.4, -0.2) is 23.1 Å². The van der Waals surface area contributed by atoms with Crippen LogP contribution in [0, 0.1) is 0 Å². The first-order chi connectivity index (χ1) is 7.25. The van der Waals surface area contributed by atoms with Gasteiger partial charge in [-0.3, -0.25) is 0 Å². The summed E-state index contributed by atoms with van der Waals surface area (Å²) >= 11 is -0.766. The molecule has 0 aliphatic rings. The molecule has 0 heterocycles. The molecule has 0 unspecified atom stereocenters. The molecule has 2 radical (unpaired) electrons. The number of hydrogen-bond donors (Lipinski definition) is 0. The maximum atomic E-state index is 2.37. The molecular weight excluding hydrogens is 269 g/mol. The van der Waals surface area contributed by atoms with E-state index in [2.05, 4.69) is 75.7 Å². The molecule has 0 saturated heterocycles. The molecule has 90 valence electrons. The standard InChI is InChI=1S/C8H11Ge.C6H15Si/c1-9(2)8-6-4-3-5-7-8;1-6(2,3)7(4)5/h3-7H,1-2H3;1-5H3. The molecule has 0 amide bonds. The van der Waals surface area contributed by atoms with E-state index in [1.54, 1.807) is 4.40 Å². The van der Waals surface area contributed by atoms with Crippen molar-refractivity contribution in [3.8, 4) is 0 Å². The quantitative estimate of drug-likeness (QED) is 0.681. The molecule has 0 saturated carbocycles. The van der Waals surface area contributed by atoms with Gasteiger partial charge in [0.2, 0.25) is 0 Å². The monoisotopic (exact) mass is 296 g/mol. The second kappa shape index (κ2) is 7.33. The van der Waals surface area contributed by atoms with E-state index in [0.717, 1.165) is 0 Å². The van der Waals surface area contributed by atoms with Crippen molar-refractivity contribution in [1.29, 1.82) is 0 Å². The Morgan fingerprint density at radius 3 is 1.50 bits per heavy atom. The van der Waals surface area contributed by atoms with Gasteiger partial charge in [0.15, 0.2) is 0 Å². The fourth-order valence-corrected chi connectivity index (χ4v) is 2.57. The molecule has 0 bridgehead atoms. The Kier molecular flexibility index (Phi) is 7.32. The average Bonchev–Trinajstić information content (AvgIpc) is 2.18. The number of rotatable bonds is 1. The zero-order chi connectivity index (χ0) is 12.8. The molecule has 0 nitrogen and oxygen atoms in total. The van der Waals surface area contributed by atoms with Gasteiger partial charge >= 0.3 is 60.6 Å². The second-order valence-electron chi connectivity index (χ2n) is 5.62. The van der Waals surface area contributed by atoms with Crippen molar-refractivity contribution in [2.45, 2.75) is 50.4 Å². The van der Waals surface area contributed by atoms with Crippen LogP contribution in [0.4, 0.5) is 0 Å². The third-order valence-corrected chi connectivity index (χ3v) is 8.97. The predicted molar refractivity (Wildman–Crippen MR) is 80.8 cm³/mol. The van der Waals surface area contributed by atoms with Gasteiger partial charge in [-0.2, -0.15) is 0 Å². The molecule has 1 aromatic rings. The molecule has 0 aromatic heterocycles. The Bertz CT molecular complexity index is 273. The number of hydrogen-bond acceptors (Lipinski definition) is 0. The second-order valence-corrected chi connectivity index (χ2v) is 14.5. The topological polar surface area (TPSA) is 0 Å². The van der Waals surface area contributed by atoms with E-state index in [0.29, 0.717) is 5.04 Å². The van der Waals surface area contributed by atoms with E-state index < -0.39 is 14.3 Å². The summed E-state index contributed by atoms with van der Waals surface area (Å²) in [6, 6.07) is 10.8. The first-order valence-electron chi connectivity index (χ1n) is 5.91. The fourth-order valence-electron chi connectivity index (χ4n) is 0.771. The normalized spacial score (nSPS) is 11.3. The van der Waals surface area contributed by atoms with Gasteiger partial charge in [-0.15, -0.1) is 0 Å². The van der Waals surface area contributed by atoms with Crippen molar-refractivity contribution >= 4 is 27.5 Å². The zero-order valence-electron chi connectivity index (χ0n) is 11.9. The Morgan fingerprint density at radius 2 is 1.31 bits per heavy atom. The van der Waals surface area contributed by atoms with Crippen LogP contribution in [-0.2, 0) is 0 Å². The fraction of sp³-hybridized carbons (Fsp3) is 0.571. The minimum atomic E-state index is -0.766. The van der Waals surface area contributed by atoms with Crippen molar-refractivity contribution in [3.05, 3.63) is 30.3 Å². The summed E-state index contributed by atoms with van der Waals surface area (Å²) in [7, 11) is -0.0502. The van der Waals surface area contributed by atoms with Gasteiger partial charge in [-0.25, -0.2) is 0 Å². The average molecular weight is 295 g/mol. The summed E-state index contributed by atoms with van der Waals surface area (Å²) in [5.41, 5.74) is 0. The van der Waals surface area contributed by atoms with Gasteiger partial charge in [0.05, 0.1) is 0 Å². The van der Waals surface area contributed by atoms with E-state index in [-0.39, 0.29) is 8.80 Å². The molecule has 0 spiro atoms. The molecule has 0 atom stereocenters. The molecule has 1 rings (SSSR count). The summed E-state index contributed by atoms with van der Waals surface area (Å²) in [4.78, 5) is 0. The van der Waals surface area contributed by atoms with Crippen molar-refractivity contribution in [2.75, 3.05) is 0 Å². The third kappa shape index (κ3) is 7.29. The van der Waals surface area contributed by atoms with Crippen LogP contribution in [0.15, 0.2) is 30.3 Å². The third-order valence-electron chi connectivity index (χ3n) is 2.85. The van der Waals surface area contributed by atoms with E-state index in [4.69, 9.17) is 0 Å². The van der Waals surface area contributed by atoms with Gasteiger partial charge < -0.3 is 0 Å². The molecule has 0 aliphatic heterocycles. The van der Waals surface area contributed by atoms with Crippen molar-refractivity contribution < 1.29 is 0 Å². The van der Waals surface area contributed by atoms with Crippen LogP contribution in [0.25, 0.3) is 0 Å². The molecule has 0 aliphatic carbocycles. The molecule has 2 heteroatoms. The summed E-state index contributed by atoms with van der Waals surface area (Å²) in [6.07, 6.45) is 0. The summed E-state index contributed by atoms with van der Waals surface area (Å²) in [5, 5.41) is 0.602. The first-order valence-corrected chi connectivity index (χ1v) is 13.7. The van der Waals surface area contributed by atoms with Gasteiger partial charge in [-0.05, 0) is 5.04 Å². The van der Waals surface area contributed by atoms with E-state index in [1.807, 2.05) is 0 Å². The SMILES string of the molecule is C[Si](C)C(C)(C)C.[CH3][Ge]([CH3])[c]1ccccc1. The summed E-state index contributed by atoms with van der Waals surface area (Å²) < 4.78 is 1.58. The van der Waals surface area contributed by atoms with Gasteiger partial charge in [0.1, 0.15) is 0 Å². The van der Waals surface area contributed by atoms with E-state index >= 15 is 0 Å². The van der Waals surface area contributed by atoms with Gasteiger partial charge in [-0.1, -0.05) is 33.9 Å². The van der Waals surface area contributed by atoms with Crippen LogP contribution >= 0.6 is 0 Å². The number of benzene rings is 1. The Balaban J connectivity index is 0.000000293.